The Kier molecular flexibility index (Phi) is 10.8. The predicted octanol–water partition coefficient (Wildman–Crippen LogP) is 27.4. The van der Waals surface area contributed by atoms with Gasteiger partial charge in [-0.05, 0) is 217 Å². The number of hydrogen-bond donors (Lipinski definition) is 0. The molecule has 19 rings (SSSR count). The minimum atomic E-state index is -0.890. The minimum Gasteiger partial charge on any atom is -0.455 e. The van der Waals surface area contributed by atoms with Crippen LogP contribution < -0.4 is 14.5 Å². The number of fused-ring (bicyclic) bond motifs is 6. The molecule has 0 unspecified atom stereocenters. The Morgan fingerprint density at radius 3 is 0.911 bits per heavy atom. The van der Waals surface area contributed by atoms with Gasteiger partial charge in [-0.2, -0.15) is 0 Å². The molecule has 4 bridgehead atoms. The molecular formula is C98H84N2O. The zero-order valence-electron chi connectivity index (χ0n) is 77.1. The summed E-state index contributed by atoms with van der Waals surface area (Å²) >= 11 is 0. The first-order chi connectivity index (χ1) is 57.5. The summed E-state index contributed by atoms with van der Waals surface area (Å²) in [5.74, 6) is 2.03. The van der Waals surface area contributed by atoms with Crippen LogP contribution in [-0.4, -0.2) is 0 Å². The molecule has 5 aliphatic rings. The van der Waals surface area contributed by atoms with Gasteiger partial charge in [0.15, 0.2) is 0 Å². The number of hydrogen-bond acceptors (Lipinski definition) is 3. The molecule has 14 aromatic carbocycles. The van der Waals surface area contributed by atoms with Crippen molar-refractivity contribution in [1.29, 1.82) is 0 Å². The molecule has 3 nitrogen and oxygen atoms in total. The minimum absolute atomic E-state index is 0.0192. The molecule has 3 heteroatoms. The van der Waals surface area contributed by atoms with Crippen molar-refractivity contribution in [1.82, 2.24) is 0 Å². The lowest BCUT2D eigenvalue weighted by Crippen LogP contribution is -2.57. The highest BCUT2D eigenvalue weighted by molar-refractivity contribution is 6.08. The summed E-state index contributed by atoms with van der Waals surface area (Å²) in [7, 11) is 0. The molecule has 4 fully saturated rings. The molecule has 4 saturated carbocycles. The molecule has 0 radical (unpaired) electrons. The summed E-state index contributed by atoms with van der Waals surface area (Å²) in [6.45, 7) is 13.0. The molecule has 1 aliphatic heterocycles. The highest BCUT2D eigenvalue weighted by atomic mass is 16.5. The van der Waals surface area contributed by atoms with Gasteiger partial charge in [0.05, 0.1) is 38.8 Å². The van der Waals surface area contributed by atoms with E-state index in [1.54, 1.807) is 24.3 Å². The van der Waals surface area contributed by atoms with E-state index < -0.39 is 126 Å². The normalized spacial score (nSPS) is 19.9. The van der Waals surface area contributed by atoms with Gasteiger partial charge in [0.25, 0.3) is 0 Å². The molecule has 14 aromatic rings. The van der Waals surface area contributed by atoms with E-state index >= 15 is 0 Å². The summed E-state index contributed by atoms with van der Waals surface area (Å²) in [5.41, 5.74) is 9.59. The average Bonchev–Trinajstić information content (AvgIpc) is 0.670. The molecule has 0 N–H and O–H groups in total. The fourth-order valence-electron chi connectivity index (χ4n) is 17.3. The first-order valence-electron chi connectivity index (χ1n) is 45.0. The van der Waals surface area contributed by atoms with E-state index in [1.165, 1.54) is 12.1 Å². The van der Waals surface area contributed by atoms with Crippen molar-refractivity contribution in [2.45, 2.75) is 89.9 Å². The van der Waals surface area contributed by atoms with Crippen molar-refractivity contribution in [2.24, 2.45) is 23.7 Å². The zero-order valence-corrected chi connectivity index (χ0v) is 57.1. The van der Waals surface area contributed by atoms with Gasteiger partial charge in [0.2, 0.25) is 0 Å². The van der Waals surface area contributed by atoms with Crippen molar-refractivity contribution in [3.8, 4) is 78.3 Å². The summed E-state index contributed by atoms with van der Waals surface area (Å²) in [4.78, 5) is 4.11. The molecular weight excluding hydrogens is 1220 g/mol. The molecule has 4 aliphatic carbocycles. The number of ether oxygens (including phenoxy) is 1. The molecule has 1 heterocycles. The van der Waals surface area contributed by atoms with Gasteiger partial charge >= 0.3 is 0 Å². The Morgan fingerprint density at radius 2 is 0.604 bits per heavy atom. The highest BCUT2D eigenvalue weighted by Crippen LogP contribution is 2.71. The Bertz CT molecular complexity index is 6010. The van der Waals surface area contributed by atoms with Crippen LogP contribution in [0.15, 0.2) is 315 Å². The summed E-state index contributed by atoms with van der Waals surface area (Å²) in [6, 6.07) is 52.4. The second-order valence-corrected chi connectivity index (χ2v) is 29.9. The monoisotopic (exact) mass is 1320 g/mol. The number of benzene rings is 14. The Balaban J connectivity index is 0.941. The van der Waals surface area contributed by atoms with Gasteiger partial charge in [-0.1, -0.05) is 284 Å². The van der Waals surface area contributed by atoms with Gasteiger partial charge in [-0.25, -0.2) is 0 Å². The van der Waals surface area contributed by atoms with Gasteiger partial charge < -0.3 is 14.5 Å². The van der Waals surface area contributed by atoms with Crippen LogP contribution in [0.4, 0.5) is 34.1 Å². The number of rotatable bonds is 12. The third-order valence-electron chi connectivity index (χ3n) is 21.9. The third kappa shape index (κ3) is 11.0. The maximum Gasteiger partial charge on any atom is 0.139 e. The predicted molar refractivity (Wildman–Crippen MR) is 425 cm³/mol. The molecule has 0 amide bonds. The van der Waals surface area contributed by atoms with E-state index in [0.29, 0.717) is 57.5 Å². The first kappa shape index (κ1) is 44.2. The zero-order chi connectivity index (χ0) is 85.5. The van der Waals surface area contributed by atoms with Crippen molar-refractivity contribution < 1.29 is 32.2 Å². The second-order valence-electron chi connectivity index (χ2n) is 29.9. The fourth-order valence-corrected chi connectivity index (χ4v) is 17.3. The number of nitrogens with zero attached hydrogens (tertiary/aromatic N) is 2. The SMILES string of the molecule is [2H]c1c([2H])c([2H])c(-c2cc(-c3c([2H])c([2H])c([2H])c([2H])c3[2H])cc(N(c3ccc(-c4ccc(C(C)(C)C)cc4)cc3)c3cc4c(c5ccccc35)Oc3c(cc(N(c5ccc(-c6ccc(C(C)(C)C)cc6)cc5)c5cc(-c6c([2H])c([2H])c([2H])c([2H])c6[2H])cc(-c6c([2H])c([2H])c([2H])c([2H])c6[2H])c5)c5ccccc35)C43C4CC5CC(C4)CC3C5)c2)c([2H])c1[2H]. The molecule has 1 spiro atoms. The molecule has 0 aromatic heterocycles. The van der Waals surface area contributed by atoms with E-state index in [1.807, 2.05) is 84.9 Å². The van der Waals surface area contributed by atoms with E-state index in [-0.39, 0.29) is 67.2 Å². The maximum absolute atomic E-state index is 9.54. The molecule has 0 atom stereocenters. The van der Waals surface area contributed by atoms with Gasteiger partial charge in [0.1, 0.15) is 11.5 Å². The lowest BCUT2D eigenvalue weighted by Gasteiger charge is -2.63. The van der Waals surface area contributed by atoms with Gasteiger partial charge in [-0.3, -0.25) is 0 Å². The van der Waals surface area contributed by atoms with E-state index in [9.17, 15) is 11.0 Å². The summed E-state index contributed by atoms with van der Waals surface area (Å²) in [5, 5.41) is 2.93. The molecule has 492 valence electrons. The Morgan fingerprint density at radius 1 is 0.307 bits per heavy atom. The molecule has 0 saturated heterocycles. The van der Waals surface area contributed by atoms with E-state index in [2.05, 4.69) is 124 Å². The summed E-state index contributed by atoms with van der Waals surface area (Å²) in [6.07, 6.45) is 4.54. The standard InChI is InChI=1S/C98H84N2O/c1-96(2,3)78-43-35-70(36-44-78)72-39-47-82(48-40-72)99(84-58-74(66-23-11-7-12-24-66)56-75(59-84)67-25-13-8-14-26-67)92-62-90-94(88-33-21-19-31-86(88)92)101-95-89-34-22-20-32-87(89)93(63-91(95)98(90)80-52-64-51-65(54-80)55-81(98)53-64)100(83-49-41-73(42-50-83)71-37-45-79(46-38-71)97(4,5)6)85-60-76(68-27-15-9-16-28-68)57-77(61-85)69-29-17-10-18-30-69/h7-50,56-65,80-81H,51-55H2,1-6H3/i7D,8D,9D,10D,11D,12D,13D,14D,15D,16D,17D,18D,23D,24D,25D,26D,27D,28D,29D,30D. The Labute approximate surface area is 624 Å². The van der Waals surface area contributed by atoms with Gasteiger partial charge in [-0.15, -0.1) is 0 Å². The molecule has 101 heavy (non-hydrogen) atoms. The van der Waals surface area contributed by atoms with Crippen LogP contribution >= 0.6 is 0 Å². The fraction of sp³-hybridized carbons (Fsp3) is 0.184. The number of anilines is 6. The lowest BCUT2D eigenvalue weighted by molar-refractivity contribution is -0.0449. The van der Waals surface area contributed by atoms with Crippen LogP contribution in [0.25, 0.3) is 88.3 Å². The van der Waals surface area contributed by atoms with Gasteiger partial charge in [0, 0.05) is 60.8 Å². The van der Waals surface area contributed by atoms with Crippen LogP contribution in [0.5, 0.6) is 11.5 Å². The highest BCUT2D eigenvalue weighted by Gasteiger charge is 2.62. The lowest BCUT2D eigenvalue weighted by atomic mass is 9.41. The topological polar surface area (TPSA) is 15.7 Å². The second kappa shape index (κ2) is 24.7. The van der Waals surface area contributed by atoms with Crippen LogP contribution in [0, 0.1) is 23.7 Å². The quantitative estimate of drug-likeness (QED) is 0.121. The summed E-state index contributed by atoms with van der Waals surface area (Å²) < 4.78 is 192. The van der Waals surface area contributed by atoms with Crippen LogP contribution in [0.2, 0.25) is 0 Å². The van der Waals surface area contributed by atoms with E-state index in [0.717, 1.165) is 98.2 Å². The largest absolute Gasteiger partial charge is 0.455 e. The van der Waals surface area contributed by atoms with Crippen molar-refractivity contribution >= 4 is 55.7 Å². The third-order valence-corrected chi connectivity index (χ3v) is 21.9. The average molecular weight is 1330 g/mol. The van der Waals surface area contributed by atoms with E-state index in [4.69, 9.17) is 21.2 Å². The van der Waals surface area contributed by atoms with Crippen molar-refractivity contribution in [2.75, 3.05) is 9.80 Å². The maximum atomic E-state index is 9.54. The first-order valence-corrected chi connectivity index (χ1v) is 35.0. The van der Waals surface area contributed by atoms with Crippen LogP contribution in [-0.2, 0) is 16.2 Å². The van der Waals surface area contributed by atoms with Crippen molar-refractivity contribution in [3.05, 3.63) is 337 Å². The van der Waals surface area contributed by atoms with Crippen LogP contribution in [0.1, 0.15) is 123 Å². The van der Waals surface area contributed by atoms with Crippen LogP contribution in [0.3, 0.4) is 0 Å². The van der Waals surface area contributed by atoms with Crippen molar-refractivity contribution in [3.63, 3.8) is 0 Å². The Hall–Kier alpha value is -11.0. The smallest absolute Gasteiger partial charge is 0.139 e.